The maximum absolute atomic E-state index is 12.1. The van der Waals surface area contributed by atoms with Crippen LogP contribution in [0.5, 0.6) is 0 Å². The average molecular weight is 305 g/mol. The SMILES string of the molecule is Cc1ccc(N(C)CC2CCN(C(=O)OC(C)(C)C)C2)nc1. The van der Waals surface area contributed by atoms with E-state index in [-0.39, 0.29) is 6.09 Å². The van der Waals surface area contributed by atoms with Crippen LogP contribution in [0.1, 0.15) is 32.8 Å². The highest BCUT2D eigenvalue weighted by Gasteiger charge is 2.30. The predicted octanol–water partition coefficient (Wildman–Crippen LogP) is 3.08. The number of pyridine rings is 1. The molecule has 1 atom stereocenters. The van der Waals surface area contributed by atoms with Crippen molar-refractivity contribution in [3.8, 4) is 0 Å². The van der Waals surface area contributed by atoms with Gasteiger partial charge in [0.2, 0.25) is 0 Å². The van der Waals surface area contributed by atoms with E-state index in [2.05, 4.69) is 16.0 Å². The van der Waals surface area contributed by atoms with Crippen molar-refractivity contribution in [2.75, 3.05) is 31.6 Å². The summed E-state index contributed by atoms with van der Waals surface area (Å²) in [5, 5.41) is 0. The molecular weight excluding hydrogens is 278 g/mol. The minimum Gasteiger partial charge on any atom is -0.444 e. The molecular formula is C17H27N3O2. The summed E-state index contributed by atoms with van der Waals surface area (Å²) in [5.74, 6) is 1.43. The van der Waals surface area contributed by atoms with Crippen LogP contribution in [0.2, 0.25) is 0 Å². The third kappa shape index (κ3) is 4.61. The van der Waals surface area contributed by atoms with E-state index in [0.29, 0.717) is 5.92 Å². The van der Waals surface area contributed by atoms with Gasteiger partial charge in [-0.2, -0.15) is 0 Å². The van der Waals surface area contributed by atoms with Crippen LogP contribution in [0, 0.1) is 12.8 Å². The molecule has 5 heteroatoms. The van der Waals surface area contributed by atoms with E-state index >= 15 is 0 Å². The molecule has 1 saturated heterocycles. The molecule has 0 spiro atoms. The van der Waals surface area contributed by atoms with Gasteiger partial charge in [-0.1, -0.05) is 6.07 Å². The molecule has 0 N–H and O–H groups in total. The highest BCUT2D eigenvalue weighted by molar-refractivity contribution is 5.68. The molecule has 1 aliphatic heterocycles. The van der Waals surface area contributed by atoms with Gasteiger partial charge in [0.15, 0.2) is 0 Å². The summed E-state index contributed by atoms with van der Waals surface area (Å²) >= 11 is 0. The predicted molar refractivity (Wildman–Crippen MR) is 88.2 cm³/mol. The Kier molecular flexibility index (Phi) is 4.94. The van der Waals surface area contributed by atoms with E-state index in [1.807, 2.05) is 51.9 Å². The topological polar surface area (TPSA) is 45.7 Å². The Labute approximate surface area is 133 Å². The minimum absolute atomic E-state index is 0.203. The first kappa shape index (κ1) is 16.6. The maximum Gasteiger partial charge on any atom is 0.410 e. The number of hydrogen-bond acceptors (Lipinski definition) is 4. The lowest BCUT2D eigenvalue weighted by Gasteiger charge is -2.25. The Morgan fingerprint density at radius 2 is 2.18 bits per heavy atom. The fourth-order valence-electron chi connectivity index (χ4n) is 2.64. The van der Waals surface area contributed by atoms with E-state index in [0.717, 1.165) is 37.4 Å². The van der Waals surface area contributed by atoms with Crippen LogP contribution in [0.15, 0.2) is 18.3 Å². The molecule has 1 aliphatic rings. The Morgan fingerprint density at radius 1 is 1.45 bits per heavy atom. The molecule has 1 aromatic rings. The lowest BCUT2D eigenvalue weighted by atomic mass is 10.1. The summed E-state index contributed by atoms with van der Waals surface area (Å²) in [4.78, 5) is 20.5. The standard InChI is InChI=1S/C17H27N3O2/c1-13-6-7-15(18-10-13)19(5)11-14-8-9-20(12-14)16(21)22-17(2,3)4/h6-7,10,14H,8-9,11-12H2,1-5H3. The zero-order valence-corrected chi connectivity index (χ0v) is 14.3. The van der Waals surface area contributed by atoms with Gasteiger partial charge < -0.3 is 14.5 Å². The second kappa shape index (κ2) is 6.55. The van der Waals surface area contributed by atoms with Crippen LogP contribution in [0.3, 0.4) is 0 Å². The van der Waals surface area contributed by atoms with Gasteiger partial charge in [0.05, 0.1) is 0 Å². The van der Waals surface area contributed by atoms with Crippen molar-refractivity contribution in [3.63, 3.8) is 0 Å². The van der Waals surface area contributed by atoms with Gasteiger partial charge in [-0.05, 0) is 51.7 Å². The Morgan fingerprint density at radius 3 is 2.77 bits per heavy atom. The quantitative estimate of drug-likeness (QED) is 0.861. The maximum atomic E-state index is 12.1. The van der Waals surface area contributed by atoms with Crippen molar-refractivity contribution < 1.29 is 9.53 Å². The number of aromatic nitrogens is 1. The first-order valence-corrected chi connectivity index (χ1v) is 7.86. The Hall–Kier alpha value is -1.78. The van der Waals surface area contributed by atoms with E-state index in [1.165, 1.54) is 0 Å². The van der Waals surface area contributed by atoms with Crippen LogP contribution in [0.25, 0.3) is 0 Å². The molecule has 1 unspecified atom stereocenters. The summed E-state index contributed by atoms with van der Waals surface area (Å²) in [6, 6.07) is 4.11. The molecule has 0 saturated carbocycles. The van der Waals surface area contributed by atoms with Crippen molar-refractivity contribution in [1.82, 2.24) is 9.88 Å². The Balaban J connectivity index is 1.85. The zero-order chi connectivity index (χ0) is 16.3. The minimum atomic E-state index is -0.433. The largest absolute Gasteiger partial charge is 0.444 e. The molecule has 1 amide bonds. The van der Waals surface area contributed by atoms with Crippen molar-refractivity contribution in [1.29, 1.82) is 0 Å². The van der Waals surface area contributed by atoms with E-state index in [9.17, 15) is 4.79 Å². The first-order chi connectivity index (χ1) is 10.2. The number of amides is 1. The second-order valence-corrected chi connectivity index (χ2v) is 7.16. The van der Waals surface area contributed by atoms with Gasteiger partial charge in [0.25, 0.3) is 0 Å². The van der Waals surface area contributed by atoms with Gasteiger partial charge in [-0.25, -0.2) is 9.78 Å². The van der Waals surface area contributed by atoms with Gasteiger partial charge in [-0.15, -0.1) is 0 Å². The number of anilines is 1. The third-order valence-corrected chi connectivity index (χ3v) is 3.76. The monoisotopic (exact) mass is 305 g/mol. The summed E-state index contributed by atoms with van der Waals surface area (Å²) in [6.07, 6.45) is 2.69. The third-order valence-electron chi connectivity index (χ3n) is 3.76. The molecule has 0 bridgehead atoms. The number of likely N-dealkylation sites (tertiary alicyclic amines) is 1. The summed E-state index contributed by atoms with van der Waals surface area (Å²) < 4.78 is 5.43. The van der Waals surface area contributed by atoms with E-state index in [4.69, 9.17) is 4.74 Å². The fourth-order valence-corrected chi connectivity index (χ4v) is 2.64. The van der Waals surface area contributed by atoms with Gasteiger partial charge >= 0.3 is 6.09 Å². The van der Waals surface area contributed by atoms with Crippen molar-refractivity contribution >= 4 is 11.9 Å². The van der Waals surface area contributed by atoms with Crippen molar-refractivity contribution in [3.05, 3.63) is 23.9 Å². The van der Waals surface area contributed by atoms with Crippen molar-refractivity contribution in [2.24, 2.45) is 5.92 Å². The molecule has 2 rings (SSSR count). The fraction of sp³-hybridized carbons (Fsp3) is 0.647. The molecule has 1 aromatic heterocycles. The number of carbonyl (C=O) groups excluding carboxylic acids is 1. The van der Waals surface area contributed by atoms with Gasteiger partial charge in [-0.3, -0.25) is 0 Å². The van der Waals surface area contributed by atoms with Crippen LogP contribution < -0.4 is 4.90 Å². The van der Waals surface area contributed by atoms with Gasteiger partial charge in [0, 0.05) is 32.9 Å². The van der Waals surface area contributed by atoms with Crippen molar-refractivity contribution in [2.45, 2.75) is 39.7 Å². The van der Waals surface area contributed by atoms with Crippen LogP contribution in [0.4, 0.5) is 10.6 Å². The molecule has 0 aliphatic carbocycles. The average Bonchev–Trinajstić information content (AvgIpc) is 2.86. The number of ether oxygens (including phenoxy) is 1. The summed E-state index contributed by atoms with van der Waals surface area (Å²) in [6.45, 7) is 10.2. The first-order valence-electron chi connectivity index (χ1n) is 7.86. The molecule has 122 valence electrons. The number of aryl methyl sites for hydroxylation is 1. The van der Waals surface area contributed by atoms with E-state index in [1.54, 1.807) is 0 Å². The number of nitrogens with zero attached hydrogens (tertiary/aromatic N) is 3. The Bertz CT molecular complexity index is 508. The number of carbonyl (C=O) groups is 1. The second-order valence-electron chi connectivity index (χ2n) is 7.16. The molecule has 5 nitrogen and oxygen atoms in total. The molecule has 0 radical (unpaired) electrons. The number of rotatable bonds is 3. The highest BCUT2D eigenvalue weighted by Crippen LogP contribution is 2.21. The smallest absolute Gasteiger partial charge is 0.410 e. The number of hydrogen-bond donors (Lipinski definition) is 0. The lowest BCUT2D eigenvalue weighted by molar-refractivity contribution is 0.0288. The lowest BCUT2D eigenvalue weighted by Crippen LogP contribution is -2.36. The zero-order valence-electron chi connectivity index (χ0n) is 14.3. The molecule has 2 heterocycles. The van der Waals surface area contributed by atoms with Crippen LogP contribution in [-0.4, -0.2) is 48.3 Å². The molecule has 22 heavy (non-hydrogen) atoms. The van der Waals surface area contributed by atoms with E-state index < -0.39 is 5.60 Å². The molecule has 1 fully saturated rings. The van der Waals surface area contributed by atoms with Crippen LogP contribution >= 0.6 is 0 Å². The normalized spacial score (nSPS) is 18.4. The summed E-state index contributed by atoms with van der Waals surface area (Å²) in [5.41, 5.74) is 0.728. The summed E-state index contributed by atoms with van der Waals surface area (Å²) in [7, 11) is 2.05. The van der Waals surface area contributed by atoms with Crippen LogP contribution in [-0.2, 0) is 4.74 Å². The highest BCUT2D eigenvalue weighted by atomic mass is 16.6. The van der Waals surface area contributed by atoms with Gasteiger partial charge in [0.1, 0.15) is 11.4 Å². The molecule has 0 aromatic carbocycles.